The summed E-state index contributed by atoms with van der Waals surface area (Å²) < 4.78 is 57.8. The van der Waals surface area contributed by atoms with Crippen LogP contribution in [-0.2, 0) is 0 Å². The smallest absolute Gasteiger partial charge is 0.208 e. The van der Waals surface area contributed by atoms with Gasteiger partial charge in [-0.1, -0.05) is 96.9 Å². The van der Waals surface area contributed by atoms with Gasteiger partial charge < -0.3 is 0 Å². The van der Waals surface area contributed by atoms with Gasteiger partial charge in [-0.15, -0.1) is 0 Å². The fourth-order valence-electron chi connectivity index (χ4n) is 3.01. The molecule has 0 saturated carbocycles. The number of rotatable bonds is 3. The Bertz CT molecular complexity index is 1650. The van der Waals surface area contributed by atoms with Gasteiger partial charge in [-0.05, 0) is 33.5 Å². The zero-order valence-electron chi connectivity index (χ0n) is 21.9. The summed E-state index contributed by atoms with van der Waals surface area (Å²) in [5.74, 6) is 0.0742. The zero-order chi connectivity index (χ0) is 25.7. The van der Waals surface area contributed by atoms with E-state index < -0.39 is 42.3 Å². The molecule has 0 N–H and O–H groups in total. The molecule has 0 radical (unpaired) electrons. The van der Waals surface area contributed by atoms with Crippen molar-refractivity contribution in [1.82, 2.24) is 15.0 Å². The third-order valence-electron chi connectivity index (χ3n) is 4.39. The first kappa shape index (κ1) is 11.4. The number of hydrogen-bond donors (Lipinski definition) is 0. The molecule has 0 spiro atoms. The third kappa shape index (κ3) is 3.48. The van der Waals surface area contributed by atoms with Gasteiger partial charge in [-0.2, -0.15) is 9.97 Å². The first-order valence-electron chi connectivity index (χ1n) is 12.3. The Morgan fingerprint density at radius 1 is 0.621 bits per heavy atom. The molecule has 0 unspecified atom stereocenters. The molecular formula is C25H16ClN3. The fraction of sp³-hybridized carbons (Fsp3) is 0. The molecule has 0 saturated heterocycles. The first-order valence-corrected chi connectivity index (χ1v) is 9.14. The van der Waals surface area contributed by atoms with Crippen LogP contribution in [0.4, 0.5) is 0 Å². The Kier molecular flexibility index (Phi) is 2.94. The van der Waals surface area contributed by atoms with Crippen LogP contribution in [0.25, 0.3) is 44.7 Å². The SMILES string of the molecule is [2H]c1c([2H])c([2H])c2c(-c3nc(Cl)nc(-c4ccc(-c5ccccc5)cc4)n3)c([2H])c([2H])c([2H])c2c1[2H]. The molecule has 0 aliphatic heterocycles. The number of fused-ring (bicyclic) bond motifs is 1. The largest absolute Gasteiger partial charge is 0.226 e. The van der Waals surface area contributed by atoms with Crippen molar-refractivity contribution in [2.24, 2.45) is 0 Å². The van der Waals surface area contributed by atoms with Crippen LogP contribution in [0, 0.1) is 0 Å². The molecule has 4 aromatic carbocycles. The van der Waals surface area contributed by atoms with E-state index in [2.05, 4.69) is 15.0 Å². The molecule has 3 nitrogen and oxygen atoms in total. The lowest BCUT2D eigenvalue weighted by molar-refractivity contribution is 1.07. The molecule has 5 aromatic rings. The predicted octanol–water partition coefficient (Wildman–Crippen LogP) is 6.68. The zero-order valence-corrected chi connectivity index (χ0v) is 15.7. The van der Waals surface area contributed by atoms with Gasteiger partial charge in [-0.25, -0.2) is 4.98 Å². The second-order valence-electron chi connectivity index (χ2n) is 6.20. The van der Waals surface area contributed by atoms with Gasteiger partial charge in [0.15, 0.2) is 11.6 Å². The average Bonchev–Trinajstić information content (AvgIpc) is 2.89. The van der Waals surface area contributed by atoms with Crippen molar-refractivity contribution in [3.05, 3.63) is 102 Å². The Morgan fingerprint density at radius 3 is 2.10 bits per heavy atom. The molecule has 138 valence electrons. The fourth-order valence-corrected chi connectivity index (χ4v) is 3.17. The molecule has 0 bridgehead atoms. The van der Waals surface area contributed by atoms with Crippen LogP contribution in [0.5, 0.6) is 0 Å². The average molecular weight is 401 g/mol. The topological polar surface area (TPSA) is 38.7 Å². The number of aromatic nitrogens is 3. The molecule has 5 rings (SSSR count). The molecule has 1 aromatic heterocycles. The summed E-state index contributed by atoms with van der Waals surface area (Å²) in [6.07, 6.45) is 0. The highest BCUT2D eigenvalue weighted by Gasteiger charge is 2.12. The van der Waals surface area contributed by atoms with E-state index in [1.54, 1.807) is 0 Å². The van der Waals surface area contributed by atoms with Crippen molar-refractivity contribution < 1.29 is 9.60 Å². The minimum absolute atomic E-state index is 0.107. The second kappa shape index (κ2) is 7.46. The van der Waals surface area contributed by atoms with Crippen LogP contribution in [0.3, 0.4) is 0 Å². The normalized spacial score (nSPS) is 14.3. The minimum Gasteiger partial charge on any atom is -0.208 e. The van der Waals surface area contributed by atoms with E-state index in [1.165, 1.54) is 0 Å². The maximum atomic E-state index is 8.51. The summed E-state index contributed by atoms with van der Waals surface area (Å²) in [5.41, 5.74) is 2.53. The van der Waals surface area contributed by atoms with E-state index in [0.29, 0.717) is 5.56 Å². The van der Waals surface area contributed by atoms with Gasteiger partial charge in [0, 0.05) is 11.1 Å². The maximum absolute atomic E-state index is 8.51. The van der Waals surface area contributed by atoms with E-state index in [9.17, 15) is 0 Å². The van der Waals surface area contributed by atoms with Gasteiger partial charge in [0.05, 0.1) is 9.60 Å². The molecule has 1 heterocycles. The molecule has 0 aliphatic carbocycles. The van der Waals surface area contributed by atoms with Gasteiger partial charge in [0.25, 0.3) is 0 Å². The lowest BCUT2D eigenvalue weighted by atomic mass is 10.0. The van der Waals surface area contributed by atoms with E-state index in [-0.39, 0.29) is 33.3 Å². The third-order valence-corrected chi connectivity index (χ3v) is 4.56. The van der Waals surface area contributed by atoms with Crippen molar-refractivity contribution in [2.45, 2.75) is 0 Å². The van der Waals surface area contributed by atoms with E-state index in [1.807, 2.05) is 54.6 Å². The number of benzene rings is 4. The van der Waals surface area contributed by atoms with Crippen molar-refractivity contribution >= 4 is 22.4 Å². The molecule has 4 heteroatoms. The monoisotopic (exact) mass is 400 g/mol. The number of hydrogen-bond acceptors (Lipinski definition) is 3. The van der Waals surface area contributed by atoms with E-state index in [4.69, 9.17) is 21.2 Å². The van der Waals surface area contributed by atoms with Gasteiger partial charge in [0.1, 0.15) is 0 Å². The summed E-state index contributed by atoms with van der Waals surface area (Å²) in [6, 6.07) is 13.8. The summed E-state index contributed by atoms with van der Waals surface area (Å²) in [4.78, 5) is 12.8. The Balaban J connectivity index is 1.74. The van der Waals surface area contributed by atoms with Crippen LogP contribution in [0.15, 0.2) is 96.9 Å². The second-order valence-corrected chi connectivity index (χ2v) is 6.53. The summed E-state index contributed by atoms with van der Waals surface area (Å²) in [5, 5.41) is -0.473. The van der Waals surface area contributed by atoms with Crippen LogP contribution in [0.1, 0.15) is 9.60 Å². The van der Waals surface area contributed by atoms with Crippen molar-refractivity contribution in [3.63, 3.8) is 0 Å². The van der Waals surface area contributed by atoms with Gasteiger partial charge >= 0.3 is 0 Å². The minimum atomic E-state index is -0.531. The quantitative estimate of drug-likeness (QED) is 0.339. The lowest BCUT2D eigenvalue weighted by Crippen LogP contribution is -1.97. The summed E-state index contributed by atoms with van der Waals surface area (Å²) >= 11 is 6.22. The van der Waals surface area contributed by atoms with Crippen LogP contribution in [0.2, 0.25) is 5.28 Å². The molecule has 29 heavy (non-hydrogen) atoms. The summed E-state index contributed by atoms with van der Waals surface area (Å²) in [6.45, 7) is 0. The maximum Gasteiger partial charge on any atom is 0.226 e. The number of nitrogens with zero attached hydrogens (tertiary/aromatic N) is 3. The molecule has 0 fully saturated rings. The lowest BCUT2D eigenvalue weighted by Gasteiger charge is -2.08. The van der Waals surface area contributed by atoms with Crippen LogP contribution < -0.4 is 0 Å². The van der Waals surface area contributed by atoms with Gasteiger partial charge in [-0.3, -0.25) is 0 Å². The Labute approximate surface area is 183 Å². The first-order chi connectivity index (χ1) is 17.2. The van der Waals surface area contributed by atoms with E-state index in [0.717, 1.165) is 11.1 Å². The molecule has 0 aliphatic rings. The van der Waals surface area contributed by atoms with Crippen molar-refractivity contribution in [2.75, 3.05) is 0 Å². The Morgan fingerprint density at radius 2 is 1.28 bits per heavy atom. The Hall–Kier alpha value is -3.56. The highest BCUT2D eigenvalue weighted by atomic mass is 35.5. The predicted molar refractivity (Wildman–Crippen MR) is 119 cm³/mol. The van der Waals surface area contributed by atoms with Crippen molar-refractivity contribution in [3.8, 4) is 33.9 Å². The molecule has 0 atom stereocenters. The van der Waals surface area contributed by atoms with Crippen molar-refractivity contribution in [1.29, 1.82) is 0 Å². The van der Waals surface area contributed by atoms with E-state index >= 15 is 0 Å². The highest BCUT2D eigenvalue weighted by Crippen LogP contribution is 2.29. The van der Waals surface area contributed by atoms with Crippen LogP contribution >= 0.6 is 11.6 Å². The highest BCUT2D eigenvalue weighted by molar-refractivity contribution is 6.28. The standard InChI is InChI=1S/C25H16ClN3/c26-25-28-23(20-15-13-18(14-16-20)17-7-2-1-3-8-17)27-24(29-25)22-12-6-10-19-9-4-5-11-21(19)22/h1-16H/i4D,5D,6D,9D,10D,11D,12D. The molecule has 0 amide bonds. The summed E-state index contributed by atoms with van der Waals surface area (Å²) in [7, 11) is 0. The number of halogens is 1. The molecular weight excluding hydrogens is 378 g/mol. The van der Waals surface area contributed by atoms with Crippen LogP contribution in [-0.4, -0.2) is 15.0 Å². The van der Waals surface area contributed by atoms with Gasteiger partial charge in [0.2, 0.25) is 5.28 Å².